The zero-order chi connectivity index (χ0) is 15.7. The molecule has 4 heteroatoms. The predicted molar refractivity (Wildman–Crippen MR) is 93.0 cm³/mol. The van der Waals surface area contributed by atoms with Crippen LogP contribution in [0.2, 0.25) is 0 Å². The van der Waals surface area contributed by atoms with Crippen molar-refractivity contribution in [2.24, 2.45) is 0 Å². The fourth-order valence-corrected chi connectivity index (χ4v) is 3.90. The Morgan fingerprint density at radius 1 is 0.818 bits per heavy atom. The molecule has 112 valence electrons. The molecule has 0 unspecified atom stereocenters. The van der Waals surface area contributed by atoms with Crippen molar-refractivity contribution in [1.82, 2.24) is 0 Å². The monoisotopic (exact) mass is 328 g/mol. The summed E-state index contributed by atoms with van der Waals surface area (Å²) >= 11 is 1.69. The average Bonchev–Trinajstić information content (AvgIpc) is 2.97. The summed E-state index contributed by atoms with van der Waals surface area (Å²) in [6.45, 7) is 2.07. The van der Waals surface area contributed by atoms with Crippen molar-refractivity contribution in [3.05, 3.63) is 65.5 Å². The van der Waals surface area contributed by atoms with Crippen molar-refractivity contribution in [3.63, 3.8) is 0 Å². The molecule has 0 saturated carbocycles. The molecule has 0 spiro atoms. The van der Waals surface area contributed by atoms with Gasteiger partial charge < -0.3 is 0 Å². The van der Waals surface area contributed by atoms with Gasteiger partial charge in [-0.3, -0.25) is 0 Å². The van der Waals surface area contributed by atoms with E-state index in [4.69, 9.17) is 0 Å². The maximum absolute atomic E-state index is 11.6. The highest BCUT2D eigenvalue weighted by molar-refractivity contribution is 7.90. The van der Waals surface area contributed by atoms with Gasteiger partial charge in [-0.25, -0.2) is 8.42 Å². The van der Waals surface area contributed by atoms with E-state index in [0.29, 0.717) is 4.90 Å². The molecule has 2 nitrogen and oxygen atoms in total. The first-order chi connectivity index (χ1) is 10.4. The van der Waals surface area contributed by atoms with Gasteiger partial charge in [-0.2, -0.15) is 0 Å². The van der Waals surface area contributed by atoms with Gasteiger partial charge in [0, 0.05) is 16.7 Å². The predicted octanol–water partition coefficient (Wildman–Crippen LogP) is 4.79. The topological polar surface area (TPSA) is 34.1 Å². The lowest BCUT2D eigenvalue weighted by atomic mass is 10.0. The van der Waals surface area contributed by atoms with E-state index in [1.165, 1.54) is 22.3 Å². The van der Waals surface area contributed by atoms with Gasteiger partial charge in [0.2, 0.25) is 0 Å². The highest BCUT2D eigenvalue weighted by Gasteiger charge is 2.11. The molecule has 0 N–H and O–H groups in total. The summed E-state index contributed by atoms with van der Waals surface area (Å²) in [6, 6.07) is 17.6. The maximum Gasteiger partial charge on any atom is 0.175 e. The number of benzene rings is 2. The number of rotatable bonds is 3. The summed E-state index contributed by atoms with van der Waals surface area (Å²) in [5.41, 5.74) is 4.58. The van der Waals surface area contributed by atoms with Gasteiger partial charge in [-0.05, 0) is 41.6 Å². The van der Waals surface area contributed by atoms with Crippen LogP contribution in [0.1, 0.15) is 5.56 Å². The number of thiophene rings is 1. The molecule has 22 heavy (non-hydrogen) atoms. The lowest BCUT2D eigenvalue weighted by molar-refractivity contribution is 0.602. The van der Waals surface area contributed by atoms with Crippen molar-refractivity contribution < 1.29 is 8.42 Å². The Balaban J connectivity index is 2.03. The summed E-state index contributed by atoms with van der Waals surface area (Å²) in [5.74, 6) is 0. The Morgan fingerprint density at radius 2 is 1.41 bits per heavy atom. The minimum absolute atomic E-state index is 0.350. The zero-order valence-electron chi connectivity index (χ0n) is 12.4. The largest absolute Gasteiger partial charge is 0.224 e. The molecule has 0 aliphatic carbocycles. The van der Waals surface area contributed by atoms with Gasteiger partial charge in [-0.15, -0.1) is 11.3 Å². The van der Waals surface area contributed by atoms with Crippen LogP contribution in [0.3, 0.4) is 0 Å². The van der Waals surface area contributed by atoms with Gasteiger partial charge in [0.1, 0.15) is 0 Å². The first kappa shape index (κ1) is 15.0. The quantitative estimate of drug-likeness (QED) is 0.692. The van der Waals surface area contributed by atoms with Crippen molar-refractivity contribution >= 4 is 21.2 Å². The van der Waals surface area contributed by atoms with E-state index < -0.39 is 9.84 Å². The normalized spacial score (nSPS) is 11.5. The van der Waals surface area contributed by atoms with E-state index in [-0.39, 0.29) is 0 Å². The fraction of sp³-hybridized carbons (Fsp3) is 0.111. The molecule has 0 fully saturated rings. The highest BCUT2D eigenvalue weighted by atomic mass is 32.2. The van der Waals surface area contributed by atoms with Gasteiger partial charge in [0.05, 0.1) is 4.90 Å². The molecular weight excluding hydrogens is 312 g/mol. The summed E-state index contributed by atoms with van der Waals surface area (Å²) in [5, 5.41) is 2.06. The van der Waals surface area contributed by atoms with Crippen LogP contribution in [-0.2, 0) is 9.84 Å². The van der Waals surface area contributed by atoms with Crippen molar-refractivity contribution in [1.29, 1.82) is 0 Å². The van der Waals surface area contributed by atoms with E-state index in [1.54, 1.807) is 23.5 Å². The van der Waals surface area contributed by atoms with Gasteiger partial charge in [0.25, 0.3) is 0 Å². The second-order valence-corrected chi connectivity index (χ2v) is 8.26. The fourth-order valence-electron chi connectivity index (χ4n) is 2.35. The SMILES string of the molecule is Cc1ccc(-c2sccc2-c2ccc(S(C)(=O)=O)cc2)cc1. The summed E-state index contributed by atoms with van der Waals surface area (Å²) in [6.07, 6.45) is 1.23. The number of hydrogen-bond donors (Lipinski definition) is 0. The Hall–Kier alpha value is -1.91. The lowest BCUT2D eigenvalue weighted by Crippen LogP contribution is -1.96. The number of aryl methyl sites for hydroxylation is 1. The first-order valence-electron chi connectivity index (χ1n) is 6.90. The molecule has 0 aliphatic heterocycles. The van der Waals surface area contributed by atoms with Crippen molar-refractivity contribution in [3.8, 4) is 21.6 Å². The average molecular weight is 328 g/mol. The Kier molecular flexibility index (Phi) is 3.89. The molecule has 0 bridgehead atoms. The molecule has 0 atom stereocenters. The maximum atomic E-state index is 11.6. The zero-order valence-corrected chi connectivity index (χ0v) is 14.0. The molecule has 3 aromatic rings. The summed E-state index contributed by atoms with van der Waals surface area (Å²) in [4.78, 5) is 1.55. The first-order valence-corrected chi connectivity index (χ1v) is 9.67. The smallest absolute Gasteiger partial charge is 0.175 e. The van der Waals surface area contributed by atoms with Crippen LogP contribution in [0.15, 0.2) is 64.9 Å². The minimum atomic E-state index is -3.15. The third kappa shape index (κ3) is 2.98. The minimum Gasteiger partial charge on any atom is -0.224 e. The number of sulfone groups is 1. The highest BCUT2D eigenvalue weighted by Crippen LogP contribution is 2.37. The molecular formula is C18H16O2S2. The standard InChI is InChI=1S/C18H16O2S2/c1-13-3-5-15(6-4-13)18-17(11-12-21-18)14-7-9-16(10-8-14)22(2,19)20/h3-12H,1-2H3. The van der Waals surface area contributed by atoms with Crippen LogP contribution in [-0.4, -0.2) is 14.7 Å². The Bertz CT molecular complexity index is 887. The lowest BCUT2D eigenvalue weighted by Gasteiger charge is -2.06. The van der Waals surface area contributed by atoms with E-state index in [9.17, 15) is 8.42 Å². The van der Waals surface area contributed by atoms with Crippen LogP contribution in [0, 0.1) is 6.92 Å². The number of hydrogen-bond acceptors (Lipinski definition) is 3. The molecule has 0 amide bonds. The van der Waals surface area contributed by atoms with Crippen LogP contribution >= 0.6 is 11.3 Å². The van der Waals surface area contributed by atoms with E-state index in [0.717, 1.165) is 11.1 Å². The van der Waals surface area contributed by atoms with Gasteiger partial charge in [0.15, 0.2) is 9.84 Å². The second kappa shape index (κ2) is 5.71. The molecule has 0 aliphatic rings. The molecule has 1 aromatic heterocycles. The van der Waals surface area contributed by atoms with Crippen molar-refractivity contribution in [2.45, 2.75) is 11.8 Å². The van der Waals surface area contributed by atoms with Crippen LogP contribution in [0.4, 0.5) is 0 Å². The Labute approximate surface area is 135 Å². The summed E-state index contributed by atoms with van der Waals surface area (Å²) in [7, 11) is -3.15. The molecule has 3 rings (SSSR count). The summed E-state index contributed by atoms with van der Waals surface area (Å²) < 4.78 is 23.1. The molecule has 1 heterocycles. The second-order valence-electron chi connectivity index (χ2n) is 5.33. The van der Waals surface area contributed by atoms with Crippen LogP contribution in [0.5, 0.6) is 0 Å². The third-order valence-corrected chi connectivity index (χ3v) is 5.66. The van der Waals surface area contributed by atoms with Crippen LogP contribution in [0.25, 0.3) is 21.6 Å². The van der Waals surface area contributed by atoms with Gasteiger partial charge >= 0.3 is 0 Å². The Morgan fingerprint density at radius 3 is 2.00 bits per heavy atom. The molecule has 0 saturated heterocycles. The van der Waals surface area contributed by atoms with E-state index in [2.05, 4.69) is 42.6 Å². The third-order valence-electron chi connectivity index (χ3n) is 3.57. The molecule has 2 aromatic carbocycles. The van der Waals surface area contributed by atoms with Crippen molar-refractivity contribution in [2.75, 3.05) is 6.26 Å². The molecule has 0 radical (unpaired) electrons. The van der Waals surface area contributed by atoms with E-state index >= 15 is 0 Å². The van der Waals surface area contributed by atoms with Crippen LogP contribution < -0.4 is 0 Å². The van der Waals surface area contributed by atoms with E-state index in [1.807, 2.05) is 12.1 Å². The van der Waals surface area contributed by atoms with Gasteiger partial charge in [-0.1, -0.05) is 42.0 Å².